The van der Waals surface area contributed by atoms with E-state index in [4.69, 9.17) is 4.74 Å². The van der Waals surface area contributed by atoms with E-state index in [1.165, 1.54) is 18.2 Å². The van der Waals surface area contributed by atoms with Crippen molar-refractivity contribution in [1.29, 1.82) is 0 Å². The van der Waals surface area contributed by atoms with Crippen LogP contribution in [0.3, 0.4) is 0 Å². The number of hydrogen-bond acceptors (Lipinski definition) is 6. The number of aromatic hydroxyl groups is 1. The van der Waals surface area contributed by atoms with E-state index in [1.807, 2.05) is 32.0 Å². The summed E-state index contributed by atoms with van der Waals surface area (Å²) in [6.45, 7) is 3.52. The molecule has 2 aromatic carbocycles. The Bertz CT molecular complexity index is 813. The standard InChI is InChI=1S/C17H17N3O5/c1-11-5-3-6-12(2)17(11)25-10-15(21)19-18-9-13-7-4-8-14(16(13)22)20(23)24/h3-9,22H,10H2,1-2H3,(H,19,21)/b18-9+. The van der Waals surface area contributed by atoms with Gasteiger partial charge in [0.25, 0.3) is 5.91 Å². The Morgan fingerprint density at radius 3 is 2.56 bits per heavy atom. The van der Waals surface area contributed by atoms with Crippen LogP contribution in [0.1, 0.15) is 16.7 Å². The smallest absolute Gasteiger partial charge is 0.311 e. The molecular weight excluding hydrogens is 326 g/mol. The number of carbonyl (C=O) groups is 1. The summed E-state index contributed by atoms with van der Waals surface area (Å²) in [5.41, 5.74) is 3.75. The summed E-state index contributed by atoms with van der Waals surface area (Å²) in [7, 11) is 0. The molecule has 0 saturated carbocycles. The zero-order chi connectivity index (χ0) is 18.4. The summed E-state index contributed by atoms with van der Waals surface area (Å²) in [4.78, 5) is 21.8. The highest BCUT2D eigenvalue weighted by molar-refractivity contribution is 5.87. The number of phenolic OH excluding ortho intramolecular Hbond substituents is 1. The van der Waals surface area contributed by atoms with Gasteiger partial charge in [-0.15, -0.1) is 0 Å². The Kier molecular flexibility index (Phi) is 5.67. The first-order valence-corrected chi connectivity index (χ1v) is 7.37. The Labute approximate surface area is 143 Å². The molecule has 0 aliphatic heterocycles. The number of nitrogens with one attached hydrogen (secondary N) is 1. The lowest BCUT2D eigenvalue weighted by Gasteiger charge is -2.10. The average Bonchev–Trinajstić information content (AvgIpc) is 2.55. The molecule has 130 valence electrons. The molecule has 0 aliphatic carbocycles. The van der Waals surface area contributed by atoms with Crippen LogP contribution in [0.2, 0.25) is 0 Å². The zero-order valence-electron chi connectivity index (χ0n) is 13.7. The van der Waals surface area contributed by atoms with Crippen LogP contribution in [-0.2, 0) is 4.79 Å². The van der Waals surface area contributed by atoms with Crippen LogP contribution in [0, 0.1) is 24.0 Å². The molecule has 0 heterocycles. The number of hydrogen-bond donors (Lipinski definition) is 2. The fourth-order valence-corrected chi connectivity index (χ4v) is 2.17. The molecule has 25 heavy (non-hydrogen) atoms. The summed E-state index contributed by atoms with van der Waals surface area (Å²) >= 11 is 0. The molecule has 8 heteroatoms. The number of aryl methyl sites for hydroxylation is 2. The van der Waals surface area contributed by atoms with Gasteiger partial charge in [0.1, 0.15) is 5.75 Å². The molecule has 1 amide bonds. The summed E-state index contributed by atoms with van der Waals surface area (Å²) < 4.78 is 5.48. The number of benzene rings is 2. The molecule has 0 radical (unpaired) electrons. The number of rotatable bonds is 6. The number of nitro benzene ring substituents is 1. The first-order valence-electron chi connectivity index (χ1n) is 7.37. The molecule has 2 aromatic rings. The largest absolute Gasteiger partial charge is 0.502 e. The third-order valence-electron chi connectivity index (χ3n) is 3.39. The van der Waals surface area contributed by atoms with Crippen LogP contribution in [0.25, 0.3) is 0 Å². The van der Waals surface area contributed by atoms with Gasteiger partial charge in [0.15, 0.2) is 6.61 Å². The average molecular weight is 343 g/mol. The van der Waals surface area contributed by atoms with Gasteiger partial charge < -0.3 is 9.84 Å². The van der Waals surface area contributed by atoms with Crippen LogP contribution in [0.4, 0.5) is 5.69 Å². The Morgan fingerprint density at radius 1 is 1.28 bits per heavy atom. The van der Waals surface area contributed by atoms with Gasteiger partial charge in [0, 0.05) is 11.6 Å². The number of phenols is 1. The van der Waals surface area contributed by atoms with Crippen LogP contribution in [0.5, 0.6) is 11.5 Å². The molecule has 0 fully saturated rings. The minimum absolute atomic E-state index is 0.116. The molecule has 0 bridgehead atoms. The summed E-state index contributed by atoms with van der Waals surface area (Å²) in [5.74, 6) is -0.376. The maximum absolute atomic E-state index is 11.8. The van der Waals surface area contributed by atoms with E-state index in [1.54, 1.807) is 0 Å². The number of nitrogens with zero attached hydrogens (tertiary/aromatic N) is 2. The van der Waals surface area contributed by atoms with E-state index >= 15 is 0 Å². The highest BCUT2D eigenvalue weighted by Gasteiger charge is 2.15. The summed E-state index contributed by atoms with van der Waals surface area (Å²) in [6.07, 6.45) is 1.12. The molecular formula is C17H17N3O5. The molecule has 8 nitrogen and oxygen atoms in total. The third-order valence-corrected chi connectivity index (χ3v) is 3.39. The lowest BCUT2D eigenvalue weighted by Crippen LogP contribution is -2.25. The van der Waals surface area contributed by atoms with Gasteiger partial charge in [-0.05, 0) is 31.0 Å². The minimum atomic E-state index is -0.705. The van der Waals surface area contributed by atoms with Gasteiger partial charge in [-0.1, -0.05) is 24.3 Å². The number of nitro groups is 1. The van der Waals surface area contributed by atoms with E-state index in [0.717, 1.165) is 17.3 Å². The molecule has 0 aromatic heterocycles. The maximum Gasteiger partial charge on any atom is 0.311 e. The van der Waals surface area contributed by atoms with Crippen molar-refractivity contribution in [1.82, 2.24) is 5.43 Å². The van der Waals surface area contributed by atoms with E-state index in [9.17, 15) is 20.0 Å². The van der Waals surface area contributed by atoms with E-state index in [0.29, 0.717) is 5.75 Å². The Morgan fingerprint density at radius 2 is 1.92 bits per heavy atom. The van der Waals surface area contributed by atoms with Crippen LogP contribution in [0.15, 0.2) is 41.5 Å². The molecule has 2 rings (SSSR count). The van der Waals surface area contributed by atoms with Crippen molar-refractivity contribution in [3.63, 3.8) is 0 Å². The van der Waals surface area contributed by atoms with Crippen molar-refractivity contribution in [2.75, 3.05) is 6.61 Å². The van der Waals surface area contributed by atoms with Gasteiger partial charge in [-0.2, -0.15) is 5.10 Å². The number of carbonyl (C=O) groups excluding carboxylic acids is 1. The summed E-state index contributed by atoms with van der Waals surface area (Å²) in [6, 6.07) is 9.67. The topological polar surface area (TPSA) is 114 Å². The first kappa shape index (κ1) is 17.9. The Balaban J connectivity index is 1.95. The number of para-hydroxylation sites is 2. The van der Waals surface area contributed by atoms with Gasteiger partial charge in [0.2, 0.25) is 5.75 Å². The predicted molar refractivity (Wildman–Crippen MR) is 91.9 cm³/mol. The molecule has 0 aliphatic rings. The van der Waals surface area contributed by atoms with Crippen molar-refractivity contribution >= 4 is 17.8 Å². The predicted octanol–water partition coefficient (Wildman–Crippen LogP) is 2.45. The fraction of sp³-hybridized carbons (Fsp3) is 0.176. The van der Waals surface area contributed by atoms with Gasteiger partial charge in [0.05, 0.1) is 11.1 Å². The van der Waals surface area contributed by atoms with Crippen molar-refractivity contribution in [3.05, 3.63) is 63.2 Å². The second kappa shape index (κ2) is 7.91. The minimum Gasteiger partial charge on any atom is -0.502 e. The van der Waals surface area contributed by atoms with Gasteiger partial charge >= 0.3 is 5.69 Å². The van der Waals surface area contributed by atoms with E-state index < -0.39 is 22.3 Å². The highest BCUT2D eigenvalue weighted by atomic mass is 16.6. The molecule has 0 saturated heterocycles. The second-order valence-corrected chi connectivity index (χ2v) is 5.27. The zero-order valence-corrected chi connectivity index (χ0v) is 13.7. The maximum atomic E-state index is 11.8. The van der Waals surface area contributed by atoms with E-state index in [2.05, 4.69) is 10.5 Å². The number of ether oxygens (including phenoxy) is 1. The van der Waals surface area contributed by atoms with Gasteiger partial charge in [-0.25, -0.2) is 5.43 Å². The SMILES string of the molecule is Cc1cccc(C)c1OCC(=O)N/N=C/c1cccc([N+](=O)[O-])c1O. The van der Waals surface area contributed by atoms with Crippen molar-refractivity contribution in [3.8, 4) is 11.5 Å². The van der Waals surface area contributed by atoms with Crippen LogP contribution < -0.4 is 10.2 Å². The normalized spacial score (nSPS) is 10.6. The van der Waals surface area contributed by atoms with Crippen molar-refractivity contribution < 1.29 is 19.6 Å². The van der Waals surface area contributed by atoms with E-state index in [-0.39, 0.29) is 12.2 Å². The molecule has 0 unspecified atom stereocenters. The van der Waals surface area contributed by atoms with Crippen LogP contribution >= 0.6 is 0 Å². The third kappa shape index (κ3) is 4.54. The lowest BCUT2D eigenvalue weighted by atomic mass is 10.1. The summed E-state index contributed by atoms with van der Waals surface area (Å²) in [5, 5.41) is 24.2. The number of amides is 1. The monoisotopic (exact) mass is 343 g/mol. The molecule has 0 spiro atoms. The highest BCUT2D eigenvalue weighted by Crippen LogP contribution is 2.27. The molecule has 2 N–H and O–H groups in total. The van der Waals surface area contributed by atoms with Crippen molar-refractivity contribution in [2.24, 2.45) is 5.10 Å². The van der Waals surface area contributed by atoms with Crippen LogP contribution in [-0.4, -0.2) is 28.8 Å². The molecule has 0 atom stereocenters. The number of hydrazone groups is 1. The lowest BCUT2D eigenvalue weighted by molar-refractivity contribution is -0.385. The van der Waals surface area contributed by atoms with Crippen molar-refractivity contribution in [2.45, 2.75) is 13.8 Å². The van der Waals surface area contributed by atoms with Gasteiger partial charge in [-0.3, -0.25) is 14.9 Å². The first-order chi connectivity index (χ1) is 11.9. The quantitative estimate of drug-likeness (QED) is 0.475. The fourth-order valence-electron chi connectivity index (χ4n) is 2.17. The Hall–Kier alpha value is -3.42. The second-order valence-electron chi connectivity index (χ2n) is 5.27.